The van der Waals surface area contributed by atoms with Crippen LogP contribution in [-0.4, -0.2) is 4.57 Å². The summed E-state index contributed by atoms with van der Waals surface area (Å²) in [4.78, 5) is 2.28. The van der Waals surface area contributed by atoms with Gasteiger partial charge in [0.2, 0.25) is 0 Å². The van der Waals surface area contributed by atoms with E-state index in [4.69, 9.17) is 0 Å². The van der Waals surface area contributed by atoms with Gasteiger partial charge in [0, 0.05) is 55.0 Å². The molecule has 1 aliphatic heterocycles. The van der Waals surface area contributed by atoms with E-state index in [1.165, 1.54) is 5.39 Å². The maximum atomic E-state index is 15.8. The number of aromatic nitrogens is 1. The summed E-state index contributed by atoms with van der Waals surface area (Å²) in [6.45, 7) is 0. The van der Waals surface area contributed by atoms with Gasteiger partial charge in [0.1, 0.15) is 0 Å². The Morgan fingerprint density at radius 1 is 0.460 bits per heavy atom. The molecule has 1 aromatic heterocycles. The van der Waals surface area contributed by atoms with Crippen molar-refractivity contribution in [1.82, 2.24) is 4.57 Å². The van der Waals surface area contributed by atoms with E-state index in [1.54, 1.807) is 0 Å². The molecular weight excluding hydrogens is 627 g/mol. The maximum absolute atomic E-state index is 15.8. The van der Waals surface area contributed by atoms with Gasteiger partial charge in [-0.15, -0.1) is 0 Å². The van der Waals surface area contributed by atoms with Gasteiger partial charge in [-0.25, -0.2) is 0 Å². The van der Waals surface area contributed by atoms with E-state index in [-0.39, 0.29) is 0 Å². The Labute approximate surface area is 290 Å². The predicted octanol–water partition coefficient (Wildman–Crippen LogP) is 11.0. The Morgan fingerprint density at radius 2 is 1.02 bits per heavy atom. The quantitative estimate of drug-likeness (QED) is 0.172. The van der Waals surface area contributed by atoms with Crippen molar-refractivity contribution in [2.45, 2.75) is 0 Å². The molecule has 0 fully saturated rings. The topological polar surface area (TPSA) is 25.2 Å². The second-order valence-corrected chi connectivity index (χ2v) is 15.6. The van der Waals surface area contributed by atoms with Crippen molar-refractivity contribution in [2.75, 3.05) is 4.90 Å². The number of para-hydroxylation sites is 3. The zero-order valence-electron chi connectivity index (χ0n) is 27.1. The monoisotopic (exact) mass is 658 g/mol. The fourth-order valence-corrected chi connectivity index (χ4v) is 11.0. The molecule has 50 heavy (non-hydrogen) atoms. The molecule has 236 valence electrons. The van der Waals surface area contributed by atoms with Crippen molar-refractivity contribution in [3.05, 3.63) is 188 Å². The number of rotatable bonds is 5. The third kappa shape index (κ3) is 4.21. The van der Waals surface area contributed by atoms with Crippen molar-refractivity contribution in [3.63, 3.8) is 0 Å². The van der Waals surface area contributed by atoms with Crippen molar-refractivity contribution in [1.29, 1.82) is 0 Å². The van der Waals surface area contributed by atoms with E-state index in [0.717, 1.165) is 77.0 Å². The van der Waals surface area contributed by atoms with Crippen molar-refractivity contribution < 1.29 is 4.57 Å². The smallest absolute Gasteiger partial charge is 0.172 e. The fraction of sp³-hybridized carbons (Fsp3) is 0. The molecular formula is C46H31N2OP. The third-order valence-electron chi connectivity index (χ3n) is 10.1. The van der Waals surface area contributed by atoms with Crippen LogP contribution in [0.3, 0.4) is 0 Å². The van der Waals surface area contributed by atoms with Crippen LogP contribution in [0.5, 0.6) is 0 Å². The van der Waals surface area contributed by atoms with E-state index >= 15 is 4.57 Å². The van der Waals surface area contributed by atoms with E-state index in [0.29, 0.717) is 0 Å². The molecule has 1 aliphatic rings. The standard InChI is InChI=1S/C46H31N2OP/c49-50(38-20-8-3-9-21-38)43-29-28-40-39-22-12-13-23-42(39)48(46(40)45(43)41-30-32-14-10-11-15-33(32)31-44(41)50)37-26-24-36(25-27-37)47(34-16-4-1-5-17-34)35-18-6-2-7-19-35/h1-31H. The number of benzene rings is 8. The largest absolute Gasteiger partial charge is 0.311 e. The SMILES string of the molecule is O=P1(c2ccccc2)c2cc3ccccc3cc2-c2c1ccc1c3ccccc3n(-c3ccc(N(c4ccccc4)c4ccccc4)cc3)c21. The van der Waals surface area contributed by atoms with Crippen LogP contribution in [0.25, 0.3) is 49.4 Å². The minimum absolute atomic E-state index is 0.864. The first kappa shape index (κ1) is 28.8. The zero-order chi connectivity index (χ0) is 33.2. The van der Waals surface area contributed by atoms with Crippen LogP contribution in [0, 0.1) is 0 Å². The summed E-state index contributed by atoms with van der Waals surface area (Å²) in [7, 11) is -3.17. The van der Waals surface area contributed by atoms with Gasteiger partial charge < -0.3 is 14.0 Å². The van der Waals surface area contributed by atoms with E-state index in [2.05, 4.69) is 155 Å². The van der Waals surface area contributed by atoms with E-state index in [1.807, 2.05) is 42.5 Å². The highest BCUT2D eigenvalue weighted by Gasteiger charge is 2.42. The highest BCUT2D eigenvalue weighted by molar-refractivity contribution is 7.86. The maximum Gasteiger partial charge on any atom is 0.172 e. The second-order valence-electron chi connectivity index (χ2n) is 12.9. The van der Waals surface area contributed by atoms with Crippen LogP contribution in [0.1, 0.15) is 0 Å². The molecule has 10 rings (SSSR count). The Morgan fingerprint density at radius 3 is 1.70 bits per heavy atom. The number of nitrogens with zero attached hydrogens (tertiary/aromatic N) is 2. The molecule has 0 aliphatic carbocycles. The summed E-state index contributed by atoms with van der Waals surface area (Å²) >= 11 is 0. The molecule has 1 atom stereocenters. The summed E-state index contributed by atoms with van der Waals surface area (Å²) in [6.07, 6.45) is 0. The number of hydrogen-bond acceptors (Lipinski definition) is 2. The molecule has 0 bridgehead atoms. The Balaban J connectivity index is 1.25. The normalized spacial score (nSPS) is 15.0. The Hall–Kier alpha value is -6.15. The number of fused-ring (bicyclic) bond motifs is 8. The van der Waals surface area contributed by atoms with E-state index in [9.17, 15) is 0 Å². The molecule has 0 amide bonds. The van der Waals surface area contributed by atoms with E-state index < -0.39 is 7.14 Å². The molecule has 0 N–H and O–H groups in total. The van der Waals surface area contributed by atoms with Crippen molar-refractivity contribution >= 4 is 72.7 Å². The van der Waals surface area contributed by atoms with Gasteiger partial charge in [-0.1, -0.05) is 115 Å². The lowest BCUT2D eigenvalue weighted by Crippen LogP contribution is -2.20. The van der Waals surface area contributed by atoms with Crippen LogP contribution in [0.15, 0.2) is 188 Å². The van der Waals surface area contributed by atoms with Crippen molar-refractivity contribution in [2.24, 2.45) is 0 Å². The molecule has 9 aromatic rings. The van der Waals surface area contributed by atoms with Crippen LogP contribution in [-0.2, 0) is 4.57 Å². The molecule has 0 radical (unpaired) electrons. The van der Waals surface area contributed by atoms with Gasteiger partial charge in [0.15, 0.2) is 7.14 Å². The molecule has 1 unspecified atom stereocenters. The number of hydrogen-bond donors (Lipinski definition) is 0. The lowest BCUT2D eigenvalue weighted by atomic mass is 9.99. The number of anilines is 3. The molecule has 0 saturated carbocycles. The van der Waals surface area contributed by atoms with Gasteiger partial charge in [-0.3, -0.25) is 0 Å². The van der Waals surface area contributed by atoms with Crippen LogP contribution in [0.2, 0.25) is 0 Å². The Kier molecular flexibility index (Phi) is 6.46. The Bertz CT molecular complexity index is 2730. The fourth-order valence-electron chi connectivity index (χ4n) is 7.93. The lowest BCUT2D eigenvalue weighted by Gasteiger charge is -2.25. The average molecular weight is 659 g/mol. The summed E-state index contributed by atoms with van der Waals surface area (Å²) < 4.78 is 18.2. The minimum atomic E-state index is -3.17. The lowest BCUT2D eigenvalue weighted by molar-refractivity contribution is 0.593. The summed E-state index contributed by atoms with van der Waals surface area (Å²) in [5.74, 6) is 0. The van der Waals surface area contributed by atoms with Gasteiger partial charge in [0.05, 0.1) is 11.0 Å². The first-order valence-electron chi connectivity index (χ1n) is 17.0. The van der Waals surface area contributed by atoms with Crippen molar-refractivity contribution in [3.8, 4) is 16.8 Å². The van der Waals surface area contributed by atoms with Crippen LogP contribution < -0.4 is 20.8 Å². The second kappa shape index (κ2) is 11.2. The molecule has 8 aromatic carbocycles. The van der Waals surface area contributed by atoms with Crippen LogP contribution in [0.4, 0.5) is 17.1 Å². The average Bonchev–Trinajstić information content (AvgIpc) is 3.65. The summed E-state index contributed by atoms with van der Waals surface area (Å²) in [6, 6.07) is 65.6. The first-order valence-corrected chi connectivity index (χ1v) is 18.7. The molecule has 3 nitrogen and oxygen atoms in total. The highest BCUT2D eigenvalue weighted by atomic mass is 31.2. The van der Waals surface area contributed by atoms with Gasteiger partial charge in [0.25, 0.3) is 0 Å². The van der Waals surface area contributed by atoms with Gasteiger partial charge in [-0.05, 0) is 89.1 Å². The molecule has 0 saturated heterocycles. The van der Waals surface area contributed by atoms with Gasteiger partial charge >= 0.3 is 0 Å². The zero-order valence-corrected chi connectivity index (χ0v) is 28.0. The van der Waals surface area contributed by atoms with Crippen LogP contribution >= 0.6 is 7.14 Å². The summed E-state index contributed by atoms with van der Waals surface area (Å²) in [5.41, 5.74) is 8.64. The predicted molar refractivity (Wildman–Crippen MR) is 211 cm³/mol. The minimum Gasteiger partial charge on any atom is -0.311 e. The third-order valence-corrected chi connectivity index (χ3v) is 13.3. The molecule has 0 spiro atoms. The molecule has 2 heterocycles. The molecule has 4 heteroatoms. The summed E-state index contributed by atoms with van der Waals surface area (Å²) in [5, 5.41) is 7.25. The van der Waals surface area contributed by atoms with Gasteiger partial charge in [-0.2, -0.15) is 0 Å². The highest BCUT2D eigenvalue weighted by Crippen LogP contribution is 2.55. The first-order chi connectivity index (χ1) is 24.7.